The number of carbonyl (C=O) groups excluding carboxylic acids is 2. The summed E-state index contributed by atoms with van der Waals surface area (Å²) in [6.45, 7) is 3.57. The van der Waals surface area contributed by atoms with Gasteiger partial charge in [-0.3, -0.25) is 9.59 Å². The van der Waals surface area contributed by atoms with Gasteiger partial charge in [0.05, 0.1) is 5.56 Å². The van der Waals surface area contributed by atoms with Crippen molar-refractivity contribution in [3.05, 3.63) is 41.5 Å². The molecule has 1 amide bonds. The molecule has 0 atom stereocenters. The van der Waals surface area contributed by atoms with Crippen LogP contribution >= 0.6 is 0 Å². The number of ether oxygens (including phenoxy) is 1. The topological polar surface area (TPSA) is 69.4 Å². The van der Waals surface area contributed by atoms with Crippen molar-refractivity contribution in [2.24, 2.45) is 5.73 Å². The maximum Gasteiger partial charge on any atom is 0.308 e. The smallest absolute Gasteiger partial charge is 0.308 e. The number of primary amides is 1. The second-order valence-electron chi connectivity index (χ2n) is 7.88. The van der Waals surface area contributed by atoms with Crippen molar-refractivity contribution in [3.8, 4) is 5.75 Å². The van der Waals surface area contributed by atoms with E-state index in [9.17, 15) is 9.59 Å². The van der Waals surface area contributed by atoms with E-state index in [0.717, 1.165) is 17.2 Å². The van der Waals surface area contributed by atoms with Crippen molar-refractivity contribution in [1.82, 2.24) is 0 Å². The Labute approximate surface area is 174 Å². The summed E-state index contributed by atoms with van der Waals surface area (Å²) in [6.07, 6.45) is 14.3. The number of fused-ring (bicyclic) bond motifs is 1. The van der Waals surface area contributed by atoms with E-state index in [1.165, 1.54) is 76.7 Å². The normalized spacial score (nSPS) is 11.0. The molecule has 2 N–H and O–H groups in total. The molecule has 0 aliphatic rings. The zero-order chi connectivity index (χ0) is 21.1. The Morgan fingerprint density at radius 2 is 1.48 bits per heavy atom. The van der Waals surface area contributed by atoms with Crippen LogP contribution in [0.25, 0.3) is 10.8 Å². The van der Waals surface area contributed by atoms with Crippen LogP contribution in [0.4, 0.5) is 0 Å². The van der Waals surface area contributed by atoms with Crippen LogP contribution in [-0.4, -0.2) is 11.9 Å². The van der Waals surface area contributed by atoms with E-state index in [-0.39, 0.29) is 11.3 Å². The van der Waals surface area contributed by atoms with Crippen LogP contribution in [0.5, 0.6) is 5.75 Å². The lowest BCUT2D eigenvalue weighted by atomic mass is 9.98. The van der Waals surface area contributed by atoms with Gasteiger partial charge in [0.2, 0.25) is 0 Å². The predicted molar refractivity (Wildman–Crippen MR) is 119 cm³/mol. The zero-order valence-electron chi connectivity index (χ0n) is 18.0. The van der Waals surface area contributed by atoms with Gasteiger partial charge < -0.3 is 10.5 Å². The fraction of sp³-hybridized carbons (Fsp3) is 0.520. The first kappa shape index (κ1) is 22.9. The molecule has 0 aliphatic carbocycles. The molecular formula is C25H35NO3. The van der Waals surface area contributed by atoms with E-state index in [4.69, 9.17) is 10.5 Å². The Balaban J connectivity index is 1.85. The van der Waals surface area contributed by atoms with Crippen LogP contribution in [-0.2, 0) is 11.2 Å². The molecule has 4 nitrogen and oxygen atoms in total. The third-order valence-electron chi connectivity index (χ3n) is 5.37. The van der Waals surface area contributed by atoms with Gasteiger partial charge >= 0.3 is 5.97 Å². The number of esters is 1. The third kappa shape index (κ3) is 7.52. The van der Waals surface area contributed by atoms with Gasteiger partial charge in [-0.25, -0.2) is 0 Å². The Bertz CT molecular complexity index is 813. The molecule has 0 spiro atoms. The number of carbonyl (C=O) groups is 2. The first-order chi connectivity index (χ1) is 14.0. The molecular weight excluding hydrogens is 362 g/mol. The van der Waals surface area contributed by atoms with E-state index < -0.39 is 11.9 Å². The largest absolute Gasteiger partial charge is 0.426 e. The number of hydrogen-bond donors (Lipinski definition) is 1. The first-order valence-electron chi connectivity index (χ1n) is 11.1. The van der Waals surface area contributed by atoms with Gasteiger partial charge in [-0.1, -0.05) is 89.0 Å². The molecule has 0 aliphatic heterocycles. The van der Waals surface area contributed by atoms with Crippen molar-refractivity contribution in [2.75, 3.05) is 0 Å². The second kappa shape index (κ2) is 12.3. The molecule has 29 heavy (non-hydrogen) atoms. The lowest BCUT2D eigenvalue weighted by Crippen LogP contribution is -2.15. The average Bonchev–Trinajstić information content (AvgIpc) is 2.68. The third-order valence-corrected chi connectivity index (χ3v) is 5.37. The molecule has 0 unspecified atom stereocenters. The maximum atomic E-state index is 11.9. The number of hydrogen-bond acceptors (Lipinski definition) is 3. The zero-order valence-corrected chi connectivity index (χ0v) is 18.0. The highest BCUT2D eigenvalue weighted by Gasteiger charge is 2.15. The van der Waals surface area contributed by atoms with Crippen molar-refractivity contribution in [2.45, 2.75) is 84.5 Å². The van der Waals surface area contributed by atoms with Crippen LogP contribution in [0.3, 0.4) is 0 Å². The number of unbranched alkanes of at least 4 members (excludes halogenated alkanes) is 9. The number of nitrogens with two attached hydrogens (primary N) is 1. The number of amides is 1. The number of rotatable bonds is 13. The highest BCUT2D eigenvalue weighted by Crippen LogP contribution is 2.29. The maximum absolute atomic E-state index is 11.9. The molecule has 0 saturated heterocycles. The van der Waals surface area contributed by atoms with Gasteiger partial charge in [-0.2, -0.15) is 0 Å². The first-order valence-corrected chi connectivity index (χ1v) is 11.1. The Morgan fingerprint density at radius 3 is 2.07 bits per heavy atom. The Hall–Kier alpha value is -2.36. The molecule has 0 bridgehead atoms. The van der Waals surface area contributed by atoms with Crippen LogP contribution in [0.15, 0.2) is 30.3 Å². The highest BCUT2D eigenvalue weighted by atomic mass is 16.5. The molecule has 158 valence electrons. The van der Waals surface area contributed by atoms with Gasteiger partial charge in [0.25, 0.3) is 5.91 Å². The second-order valence-corrected chi connectivity index (χ2v) is 7.88. The van der Waals surface area contributed by atoms with Gasteiger partial charge in [-0.05, 0) is 35.2 Å². The average molecular weight is 398 g/mol. The van der Waals surface area contributed by atoms with Crippen molar-refractivity contribution in [3.63, 3.8) is 0 Å². The highest BCUT2D eigenvalue weighted by molar-refractivity contribution is 6.09. The Morgan fingerprint density at radius 1 is 0.862 bits per heavy atom. The van der Waals surface area contributed by atoms with E-state index >= 15 is 0 Å². The number of aryl methyl sites for hydroxylation is 1. The minimum absolute atomic E-state index is 0.222. The minimum Gasteiger partial charge on any atom is -0.426 e. The van der Waals surface area contributed by atoms with Crippen molar-refractivity contribution < 1.29 is 14.3 Å². The molecule has 0 heterocycles. The molecule has 2 rings (SSSR count). The summed E-state index contributed by atoms with van der Waals surface area (Å²) in [5.74, 6) is -0.835. The summed E-state index contributed by atoms with van der Waals surface area (Å²) in [7, 11) is 0. The van der Waals surface area contributed by atoms with Gasteiger partial charge in [0, 0.05) is 6.92 Å². The summed E-state index contributed by atoms with van der Waals surface area (Å²) in [5.41, 5.74) is 7.06. The van der Waals surface area contributed by atoms with Crippen LogP contribution in [0.1, 0.15) is 94.0 Å². The van der Waals surface area contributed by atoms with Crippen molar-refractivity contribution in [1.29, 1.82) is 0 Å². The molecule has 0 radical (unpaired) electrons. The number of benzene rings is 2. The molecule has 4 heteroatoms. The van der Waals surface area contributed by atoms with Gasteiger partial charge in [-0.15, -0.1) is 0 Å². The van der Waals surface area contributed by atoms with Gasteiger partial charge in [0.15, 0.2) is 0 Å². The summed E-state index contributed by atoms with van der Waals surface area (Å²) in [5, 5.41) is 1.67. The predicted octanol–water partition coefficient (Wildman–Crippen LogP) is 6.33. The fourth-order valence-electron chi connectivity index (χ4n) is 3.83. The quantitative estimate of drug-likeness (QED) is 0.244. The van der Waals surface area contributed by atoms with Crippen LogP contribution < -0.4 is 10.5 Å². The fourth-order valence-corrected chi connectivity index (χ4v) is 3.83. The molecule has 0 fully saturated rings. The van der Waals surface area contributed by atoms with Crippen LogP contribution in [0.2, 0.25) is 0 Å². The van der Waals surface area contributed by atoms with Gasteiger partial charge in [0.1, 0.15) is 5.75 Å². The van der Waals surface area contributed by atoms with E-state index in [1.807, 2.05) is 18.2 Å². The van der Waals surface area contributed by atoms with Crippen LogP contribution in [0, 0.1) is 0 Å². The SMILES string of the molecule is CCCCCCCCCCCCc1ccc2c(C(N)=O)c(OC(C)=O)ccc2c1. The summed E-state index contributed by atoms with van der Waals surface area (Å²) >= 11 is 0. The minimum atomic E-state index is -0.589. The molecule has 2 aromatic rings. The molecule has 0 saturated carbocycles. The Kier molecular flexibility index (Phi) is 9.69. The lowest BCUT2D eigenvalue weighted by molar-refractivity contribution is -0.131. The summed E-state index contributed by atoms with van der Waals surface area (Å²) in [4.78, 5) is 23.2. The van der Waals surface area contributed by atoms with E-state index in [2.05, 4.69) is 13.0 Å². The lowest BCUT2D eigenvalue weighted by Gasteiger charge is -2.11. The van der Waals surface area contributed by atoms with E-state index in [1.54, 1.807) is 6.07 Å². The summed E-state index contributed by atoms with van der Waals surface area (Å²) in [6, 6.07) is 9.58. The molecule has 0 aromatic heterocycles. The van der Waals surface area contributed by atoms with Crippen molar-refractivity contribution >= 4 is 22.6 Å². The van der Waals surface area contributed by atoms with E-state index in [0.29, 0.717) is 0 Å². The monoisotopic (exact) mass is 397 g/mol. The molecule has 2 aromatic carbocycles. The summed E-state index contributed by atoms with van der Waals surface area (Å²) < 4.78 is 5.14. The standard InChI is InChI=1S/C25H35NO3/c1-3-4-5-6-7-8-9-10-11-12-13-20-14-16-22-21(18-20)15-17-23(29-19(2)27)24(22)25(26)28/h14-18H,3-13H2,1-2H3,(H2,26,28).